The van der Waals surface area contributed by atoms with E-state index in [9.17, 15) is 9.59 Å². The predicted molar refractivity (Wildman–Crippen MR) is 108 cm³/mol. The average Bonchev–Trinajstić information content (AvgIpc) is 3.38. The van der Waals surface area contributed by atoms with Crippen LogP contribution < -0.4 is 5.32 Å². The summed E-state index contributed by atoms with van der Waals surface area (Å²) >= 11 is 1.41. The summed E-state index contributed by atoms with van der Waals surface area (Å²) in [5.41, 5.74) is 2.88. The first-order valence-electron chi connectivity index (χ1n) is 9.21. The highest BCUT2D eigenvalue weighted by Crippen LogP contribution is 2.36. The van der Waals surface area contributed by atoms with Gasteiger partial charge in [-0.15, -0.1) is 11.3 Å². The zero-order valence-corrected chi connectivity index (χ0v) is 16.6. The summed E-state index contributed by atoms with van der Waals surface area (Å²) < 4.78 is 7.24. The van der Waals surface area contributed by atoms with Crippen molar-refractivity contribution in [2.75, 3.05) is 5.32 Å². The van der Waals surface area contributed by atoms with Crippen LogP contribution in [0.3, 0.4) is 0 Å². The number of anilines is 1. The smallest absolute Gasteiger partial charge is 0.341 e. The zero-order valence-electron chi connectivity index (χ0n) is 15.8. The van der Waals surface area contributed by atoms with E-state index in [2.05, 4.69) is 10.4 Å². The number of hydrogen-bond donors (Lipinski definition) is 1. The number of thiophene rings is 1. The van der Waals surface area contributed by atoms with Crippen molar-refractivity contribution < 1.29 is 14.3 Å². The van der Waals surface area contributed by atoms with Gasteiger partial charge in [0.1, 0.15) is 17.3 Å². The zero-order chi connectivity index (χ0) is 19.7. The molecule has 1 saturated carbocycles. The highest BCUT2D eigenvalue weighted by Gasteiger charge is 2.31. The molecule has 2 aromatic heterocycles. The van der Waals surface area contributed by atoms with Crippen molar-refractivity contribution in [1.82, 2.24) is 9.78 Å². The van der Waals surface area contributed by atoms with Gasteiger partial charge in [-0.05, 0) is 50.5 Å². The van der Waals surface area contributed by atoms with Crippen molar-refractivity contribution in [2.24, 2.45) is 5.92 Å². The van der Waals surface area contributed by atoms with Gasteiger partial charge in [0.15, 0.2) is 0 Å². The molecule has 1 aliphatic rings. The Morgan fingerprint density at radius 2 is 1.96 bits per heavy atom. The summed E-state index contributed by atoms with van der Waals surface area (Å²) in [6.07, 6.45) is 3.66. The molecule has 144 valence electrons. The molecule has 0 radical (unpaired) electrons. The molecule has 2 heterocycles. The van der Waals surface area contributed by atoms with Crippen molar-refractivity contribution in [3.05, 3.63) is 64.3 Å². The standard InChI is InChI=1S/C21H21N3O3S/c1-13-14(2)28-20(22-19(25)15-8-9-15)18(13)21(26)27-12-16-10-11-24(23-16)17-6-4-3-5-7-17/h3-7,10-11,15H,8-9,12H2,1-2H3,(H,22,25). The summed E-state index contributed by atoms with van der Waals surface area (Å²) in [5.74, 6) is -0.382. The molecule has 1 aliphatic carbocycles. The van der Waals surface area contributed by atoms with Crippen LogP contribution in [0.5, 0.6) is 0 Å². The average molecular weight is 395 g/mol. The first-order valence-corrected chi connectivity index (χ1v) is 10.0. The van der Waals surface area contributed by atoms with E-state index in [4.69, 9.17) is 4.74 Å². The monoisotopic (exact) mass is 395 g/mol. The molecule has 0 spiro atoms. The van der Waals surface area contributed by atoms with Crippen molar-refractivity contribution in [3.8, 4) is 5.69 Å². The molecule has 1 fully saturated rings. The van der Waals surface area contributed by atoms with Crippen LogP contribution in [0.25, 0.3) is 5.69 Å². The minimum atomic E-state index is -0.442. The fraction of sp³-hybridized carbons (Fsp3) is 0.286. The molecule has 1 amide bonds. The van der Waals surface area contributed by atoms with Crippen molar-refractivity contribution in [3.63, 3.8) is 0 Å². The normalized spacial score (nSPS) is 13.4. The number of nitrogens with zero attached hydrogens (tertiary/aromatic N) is 2. The lowest BCUT2D eigenvalue weighted by Crippen LogP contribution is -2.16. The third-order valence-corrected chi connectivity index (χ3v) is 5.91. The van der Waals surface area contributed by atoms with Crippen LogP contribution in [0.15, 0.2) is 42.6 Å². The lowest BCUT2D eigenvalue weighted by Gasteiger charge is -2.07. The Morgan fingerprint density at radius 3 is 2.68 bits per heavy atom. The number of aryl methyl sites for hydroxylation is 1. The second-order valence-corrected chi connectivity index (χ2v) is 8.14. The maximum atomic E-state index is 12.7. The Morgan fingerprint density at radius 1 is 1.21 bits per heavy atom. The maximum Gasteiger partial charge on any atom is 0.341 e. The Bertz CT molecular complexity index is 1020. The number of carbonyl (C=O) groups is 2. The quantitative estimate of drug-likeness (QED) is 0.633. The third-order valence-electron chi connectivity index (χ3n) is 4.79. The molecule has 3 aromatic rings. The lowest BCUT2D eigenvalue weighted by molar-refractivity contribution is -0.117. The molecule has 0 atom stereocenters. The molecule has 6 nitrogen and oxygen atoms in total. The van der Waals surface area contributed by atoms with Crippen molar-refractivity contribution in [2.45, 2.75) is 33.3 Å². The molecule has 0 unspecified atom stereocenters. The molecule has 0 aliphatic heterocycles. The molecule has 4 rings (SSSR count). The number of amides is 1. The third kappa shape index (κ3) is 3.84. The maximum absolute atomic E-state index is 12.7. The molecular weight excluding hydrogens is 374 g/mol. The van der Waals surface area contributed by atoms with Crippen molar-refractivity contribution >= 4 is 28.2 Å². The molecule has 1 aromatic carbocycles. The summed E-state index contributed by atoms with van der Waals surface area (Å²) in [6.45, 7) is 3.88. The van der Waals surface area contributed by atoms with Gasteiger partial charge in [-0.2, -0.15) is 5.10 Å². The fourth-order valence-corrected chi connectivity index (χ4v) is 3.95. The van der Waals surface area contributed by atoms with Gasteiger partial charge < -0.3 is 10.1 Å². The van der Waals surface area contributed by atoms with E-state index in [-0.39, 0.29) is 18.4 Å². The van der Waals surface area contributed by atoms with Crippen LogP contribution >= 0.6 is 11.3 Å². The Labute approximate surface area is 167 Å². The molecule has 1 N–H and O–H groups in total. The fourth-order valence-electron chi connectivity index (χ4n) is 2.90. The molecular formula is C21H21N3O3S. The van der Waals surface area contributed by atoms with Gasteiger partial charge in [0.05, 0.1) is 11.3 Å². The van der Waals surface area contributed by atoms with Crippen LogP contribution in [-0.2, 0) is 16.1 Å². The Hall–Kier alpha value is -2.93. The van der Waals surface area contributed by atoms with E-state index >= 15 is 0 Å². The van der Waals surface area contributed by atoms with Crippen LogP contribution in [0.4, 0.5) is 5.00 Å². The number of esters is 1. The van der Waals surface area contributed by atoms with Crippen LogP contribution in [-0.4, -0.2) is 21.7 Å². The van der Waals surface area contributed by atoms with Crippen LogP contribution in [0, 0.1) is 19.8 Å². The minimum absolute atomic E-state index is 0.0168. The van der Waals surface area contributed by atoms with Gasteiger partial charge in [0, 0.05) is 17.0 Å². The molecule has 0 bridgehead atoms. The number of benzene rings is 1. The van der Waals surface area contributed by atoms with Crippen molar-refractivity contribution in [1.29, 1.82) is 0 Å². The number of rotatable bonds is 6. The summed E-state index contributed by atoms with van der Waals surface area (Å²) in [7, 11) is 0. The Kier molecular flexibility index (Phi) is 5.00. The first kappa shape index (κ1) is 18.4. The van der Waals surface area contributed by atoms with Gasteiger partial charge in [-0.25, -0.2) is 9.48 Å². The minimum Gasteiger partial charge on any atom is -0.455 e. The largest absolute Gasteiger partial charge is 0.455 e. The van der Waals surface area contributed by atoms with Gasteiger partial charge >= 0.3 is 5.97 Å². The van der Waals surface area contributed by atoms with Gasteiger partial charge in [0.25, 0.3) is 0 Å². The highest BCUT2D eigenvalue weighted by atomic mass is 32.1. The summed E-state index contributed by atoms with van der Waals surface area (Å²) in [4.78, 5) is 25.8. The van der Waals surface area contributed by atoms with E-state index < -0.39 is 5.97 Å². The second kappa shape index (κ2) is 7.59. The van der Waals surface area contributed by atoms with Crippen LogP contribution in [0.1, 0.15) is 39.3 Å². The van der Waals surface area contributed by atoms with E-state index in [0.717, 1.165) is 29.0 Å². The lowest BCUT2D eigenvalue weighted by atomic mass is 10.1. The van der Waals surface area contributed by atoms with E-state index in [1.807, 2.05) is 56.4 Å². The van der Waals surface area contributed by atoms with Crippen LogP contribution in [0.2, 0.25) is 0 Å². The summed E-state index contributed by atoms with van der Waals surface area (Å²) in [5, 5.41) is 7.92. The Balaban J connectivity index is 1.45. The molecule has 0 saturated heterocycles. The van der Waals surface area contributed by atoms with Gasteiger partial charge in [-0.1, -0.05) is 18.2 Å². The highest BCUT2D eigenvalue weighted by molar-refractivity contribution is 7.16. The number of nitrogens with one attached hydrogen (secondary N) is 1. The predicted octanol–water partition coefficient (Wildman–Crippen LogP) is 4.26. The van der Waals surface area contributed by atoms with E-state index in [1.54, 1.807) is 4.68 Å². The van der Waals surface area contributed by atoms with Gasteiger partial charge in [-0.3, -0.25) is 4.79 Å². The number of aromatic nitrogens is 2. The number of ether oxygens (including phenoxy) is 1. The number of carbonyl (C=O) groups excluding carboxylic acids is 2. The molecule has 28 heavy (non-hydrogen) atoms. The number of para-hydroxylation sites is 1. The SMILES string of the molecule is Cc1sc(NC(=O)C2CC2)c(C(=O)OCc2ccn(-c3ccccc3)n2)c1C. The number of hydrogen-bond acceptors (Lipinski definition) is 5. The van der Waals surface area contributed by atoms with Gasteiger partial charge in [0.2, 0.25) is 5.91 Å². The van der Waals surface area contributed by atoms with E-state index in [1.165, 1.54) is 11.3 Å². The second-order valence-electron chi connectivity index (χ2n) is 6.91. The van der Waals surface area contributed by atoms with E-state index in [0.29, 0.717) is 16.3 Å². The summed E-state index contributed by atoms with van der Waals surface area (Å²) in [6, 6.07) is 11.6. The first-order chi connectivity index (χ1) is 13.5. The topological polar surface area (TPSA) is 73.2 Å². The molecule has 7 heteroatoms.